The first-order chi connectivity index (χ1) is 7.33. The lowest BCUT2D eigenvalue weighted by Gasteiger charge is -2.15. The van der Waals surface area contributed by atoms with Gasteiger partial charge in [0.1, 0.15) is 5.01 Å². The van der Waals surface area contributed by atoms with E-state index in [-0.39, 0.29) is 0 Å². The molecule has 0 amide bonds. The molecule has 0 fully saturated rings. The molecule has 0 atom stereocenters. The van der Waals surface area contributed by atoms with Crippen molar-refractivity contribution in [1.29, 1.82) is 0 Å². The summed E-state index contributed by atoms with van der Waals surface area (Å²) in [7, 11) is 0. The first-order valence-corrected chi connectivity index (χ1v) is 6.22. The van der Waals surface area contributed by atoms with Crippen LogP contribution < -0.4 is 0 Å². The highest BCUT2D eigenvalue weighted by Crippen LogP contribution is 2.22. The molecule has 0 spiro atoms. The Morgan fingerprint density at radius 2 is 1.93 bits per heavy atom. The molecule has 1 aromatic carbocycles. The molecule has 0 saturated carbocycles. The second kappa shape index (κ2) is 4.73. The average Bonchev–Trinajstić information content (AvgIpc) is 2.68. The van der Waals surface area contributed by atoms with E-state index in [9.17, 15) is 0 Å². The van der Waals surface area contributed by atoms with Gasteiger partial charge < -0.3 is 0 Å². The molecule has 1 heterocycles. The first kappa shape index (κ1) is 10.6. The molecule has 80 valence electrons. The number of benzene rings is 1. The summed E-state index contributed by atoms with van der Waals surface area (Å²) in [5.74, 6) is 0. The number of thiazole rings is 1. The van der Waals surface area contributed by atoms with Crippen molar-refractivity contribution in [2.45, 2.75) is 20.4 Å². The number of aromatic nitrogens is 1. The van der Waals surface area contributed by atoms with Crippen molar-refractivity contribution in [2.24, 2.45) is 0 Å². The van der Waals surface area contributed by atoms with Crippen LogP contribution in [-0.4, -0.2) is 23.0 Å². The van der Waals surface area contributed by atoms with Gasteiger partial charge in [0, 0.05) is 0 Å². The number of hydrogen-bond donors (Lipinski definition) is 0. The number of para-hydroxylation sites is 1. The molecule has 0 bridgehead atoms. The monoisotopic (exact) mass is 220 g/mol. The zero-order valence-electron chi connectivity index (χ0n) is 9.23. The van der Waals surface area contributed by atoms with E-state index in [2.05, 4.69) is 41.9 Å². The van der Waals surface area contributed by atoms with Crippen molar-refractivity contribution < 1.29 is 0 Å². The van der Waals surface area contributed by atoms with E-state index in [0.29, 0.717) is 0 Å². The Balaban J connectivity index is 2.21. The van der Waals surface area contributed by atoms with Gasteiger partial charge in [0.2, 0.25) is 0 Å². The SMILES string of the molecule is CCN(CC)Cc1nc2ccccc2s1. The third kappa shape index (κ3) is 2.36. The van der Waals surface area contributed by atoms with Crippen molar-refractivity contribution in [2.75, 3.05) is 13.1 Å². The molecule has 0 radical (unpaired) electrons. The summed E-state index contributed by atoms with van der Waals surface area (Å²) >= 11 is 1.80. The molecule has 0 saturated heterocycles. The van der Waals surface area contributed by atoms with Crippen LogP contribution in [0.3, 0.4) is 0 Å². The Labute approximate surface area is 94.6 Å². The Morgan fingerprint density at radius 1 is 1.20 bits per heavy atom. The molecule has 0 aliphatic heterocycles. The van der Waals surface area contributed by atoms with Crippen molar-refractivity contribution >= 4 is 21.6 Å². The highest BCUT2D eigenvalue weighted by Gasteiger charge is 2.06. The van der Waals surface area contributed by atoms with Crippen molar-refractivity contribution in [3.8, 4) is 0 Å². The van der Waals surface area contributed by atoms with Gasteiger partial charge in [-0.05, 0) is 25.2 Å². The van der Waals surface area contributed by atoms with Gasteiger partial charge in [-0.2, -0.15) is 0 Å². The smallest absolute Gasteiger partial charge is 0.108 e. The lowest BCUT2D eigenvalue weighted by molar-refractivity contribution is 0.295. The molecular formula is C12H16N2S. The average molecular weight is 220 g/mol. The fourth-order valence-electron chi connectivity index (χ4n) is 1.63. The van der Waals surface area contributed by atoms with Crippen LogP contribution in [-0.2, 0) is 6.54 Å². The molecule has 0 N–H and O–H groups in total. The van der Waals surface area contributed by atoms with Crippen LogP contribution in [0.15, 0.2) is 24.3 Å². The molecule has 2 aromatic rings. The Bertz CT molecular complexity index is 399. The molecular weight excluding hydrogens is 204 g/mol. The summed E-state index contributed by atoms with van der Waals surface area (Å²) in [5.41, 5.74) is 1.13. The molecule has 2 nitrogen and oxygen atoms in total. The van der Waals surface area contributed by atoms with Crippen molar-refractivity contribution in [1.82, 2.24) is 9.88 Å². The normalized spacial score (nSPS) is 11.4. The van der Waals surface area contributed by atoms with Gasteiger partial charge in [0.15, 0.2) is 0 Å². The number of hydrogen-bond acceptors (Lipinski definition) is 3. The van der Waals surface area contributed by atoms with E-state index in [4.69, 9.17) is 0 Å². The zero-order chi connectivity index (χ0) is 10.7. The van der Waals surface area contributed by atoms with E-state index in [1.165, 1.54) is 9.71 Å². The second-order valence-electron chi connectivity index (χ2n) is 3.54. The largest absolute Gasteiger partial charge is 0.297 e. The topological polar surface area (TPSA) is 16.1 Å². The van der Waals surface area contributed by atoms with Gasteiger partial charge in [-0.1, -0.05) is 26.0 Å². The third-order valence-electron chi connectivity index (χ3n) is 2.59. The van der Waals surface area contributed by atoms with E-state index < -0.39 is 0 Å². The Hall–Kier alpha value is -0.930. The van der Waals surface area contributed by atoms with Crippen LogP contribution in [0.5, 0.6) is 0 Å². The predicted octanol–water partition coefficient (Wildman–Crippen LogP) is 3.14. The van der Waals surface area contributed by atoms with Crippen LogP contribution in [0.4, 0.5) is 0 Å². The fourth-order valence-corrected chi connectivity index (χ4v) is 2.64. The van der Waals surface area contributed by atoms with Gasteiger partial charge in [-0.15, -0.1) is 11.3 Å². The second-order valence-corrected chi connectivity index (χ2v) is 4.65. The van der Waals surface area contributed by atoms with Gasteiger partial charge in [-0.25, -0.2) is 4.98 Å². The maximum Gasteiger partial charge on any atom is 0.108 e. The molecule has 15 heavy (non-hydrogen) atoms. The third-order valence-corrected chi connectivity index (χ3v) is 3.61. The van der Waals surface area contributed by atoms with E-state index in [1.54, 1.807) is 11.3 Å². The standard InChI is InChI=1S/C12H16N2S/c1-3-14(4-2)9-12-13-10-7-5-6-8-11(10)15-12/h5-8H,3-4,9H2,1-2H3. The molecule has 0 aliphatic carbocycles. The number of fused-ring (bicyclic) bond motifs is 1. The maximum absolute atomic E-state index is 4.63. The van der Waals surface area contributed by atoms with E-state index >= 15 is 0 Å². The maximum atomic E-state index is 4.63. The molecule has 3 heteroatoms. The summed E-state index contributed by atoms with van der Waals surface area (Å²) in [6.45, 7) is 7.54. The van der Waals surface area contributed by atoms with Crippen LogP contribution in [0, 0.1) is 0 Å². The lowest BCUT2D eigenvalue weighted by Crippen LogP contribution is -2.21. The van der Waals surface area contributed by atoms with E-state index in [1.807, 2.05) is 6.07 Å². The summed E-state index contributed by atoms with van der Waals surface area (Å²) < 4.78 is 1.29. The fraction of sp³-hybridized carbons (Fsp3) is 0.417. The minimum atomic E-state index is 0.979. The number of nitrogens with zero attached hydrogens (tertiary/aromatic N) is 2. The van der Waals surface area contributed by atoms with Crippen LogP contribution >= 0.6 is 11.3 Å². The highest BCUT2D eigenvalue weighted by molar-refractivity contribution is 7.18. The number of rotatable bonds is 4. The summed E-state index contributed by atoms with van der Waals surface area (Å²) in [5, 5.41) is 1.22. The van der Waals surface area contributed by atoms with E-state index in [0.717, 1.165) is 25.2 Å². The van der Waals surface area contributed by atoms with Crippen molar-refractivity contribution in [3.63, 3.8) is 0 Å². The summed E-state index contributed by atoms with van der Waals surface area (Å²) in [4.78, 5) is 7.01. The molecule has 0 unspecified atom stereocenters. The Morgan fingerprint density at radius 3 is 2.60 bits per heavy atom. The lowest BCUT2D eigenvalue weighted by atomic mass is 10.3. The minimum Gasteiger partial charge on any atom is -0.297 e. The van der Waals surface area contributed by atoms with Crippen molar-refractivity contribution in [3.05, 3.63) is 29.3 Å². The van der Waals surface area contributed by atoms with Gasteiger partial charge in [-0.3, -0.25) is 4.90 Å². The quantitative estimate of drug-likeness (QED) is 0.787. The van der Waals surface area contributed by atoms with Crippen LogP contribution in [0.25, 0.3) is 10.2 Å². The van der Waals surface area contributed by atoms with Crippen LogP contribution in [0.2, 0.25) is 0 Å². The summed E-state index contributed by atoms with van der Waals surface area (Å²) in [6.07, 6.45) is 0. The van der Waals surface area contributed by atoms with Crippen LogP contribution in [0.1, 0.15) is 18.9 Å². The van der Waals surface area contributed by atoms with Gasteiger partial charge >= 0.3 is 0 Å². The zero-order valence-corrected chi connectivity index (χ0v) is 10.0. The Kier molecular flexibility index (Phi) is 3.34. The minimum absolute atomic E-state index is 0.979. The molecule has 2 rings (SSSR count). The first-order valence-electron chi connectivity index (χ1n) is 5.40. The molecule has 0 aliphatic rings. The molecule has 1 aromatic heterocycles. The predicted molar refractivity (Wildman–Crippen MR) is 66.2 cm³/mol. The summed E-state index contributed by atoms with van der Waals surface area (Å²) in [6, 6.07) is 8.33. The highest BCUT2D eigenvalue weighted by atomic mass is 32.1. The van der Waals surface area contributed by atoms with Gasteiger partial charge in [0.25, 0.3) is 0 Å². The van der Waals surface area contributed by atoms with Gasteiger partial charge in [0.05, 0.1) is 16.8 Å².